The Labute approximate surface area is 142 Å². The van der Waals surface area contributed by atoms with Crippen molar-refractivity contribution >= 4 is 0 Å². The lowest BCUT2D eigenvalue weighted by Gasteiger charge is -2.40. The highest BCUT2D eigenvalue weighted by atomic mass is 16.3. The minimum absolute atomic E-state index is 0.380. The molecule has 0 radical (unpaired) electrons. The lowest BCUT2D eigenvalue weighted by molar-refractivity contribution is 0.117. The van der Waals surface area contributed by atoms with Gasteiger partial charge in [0.2, 0.25) is 0 Å². The van der Waals surface area contributed by atoms with Gasteiger partial charge in [-0.1, -0.05) is 17.7 Å². The van der Waals surface area contributed by atoms with Crippen LogP contribution in [-0.4, -0.2) is 15.8 Å². The van der Waals surface area contributed by atoms with Gasteiger partial charge in [0.05, 0.1) is 0 Å². The summed E-state index contributed by atoms with van der Waals surface area (Å²) in [5, 5.41) is 21.1. The molecule has 4 aliphatic carbocycles. The van der Waals surface area contributed by atoms with Crippen LogP contribution in [0.15, 0.2) is 58.9 Å². The third-order valence-corrected chi connectivity index (χ3v) is 6.58. The van der Waals surface area contributed by atoms with E-state index >= 15 is 0 Å². The molecule has 0 heterocycles. The Bertz CT molecular complexity index is 851. The molecule has 0 amide bonds. The predicted molar refractivity (Wildman–Crippen MR) is 93.8 cm³/mol. The number of phenolic OH excluding ortho intramolecular Hbond substituents is 1. The first-order valence-electron chi connectivity index (χ1n) is 9.07. The Morgan fingerprint density at radius 3 is 2.79 bits per heavy atom. The summed E-state index contributed by atoms with van der Waals surface area (Å²) in [7, 11) is 0. The number of fused-ring (bicyclic) bond motifs is 4. The largest absolute Gasteiger partial charge is 0.508 e. The van der Waals surface area contributed by atoms with Crippen LogP contribution < -0.4 is 0 Å². The van der Waals surface area contributed by atoms with Crippen molar-refractivity contribution in [1.29, 1.82) is 0 Å². The van der Waals surface area contributed by atoms with E-state index in [4.69, 9.17) is 0 Å². The molecule has 3 atom stereocenters. The molecule has 0 unspecified atom stereocenters. The summed E-state index contributed by atoms with van der Waals surface area (Å²) in [5.41, 5.74) is 8.95. The van der Waals surface area contributed by atoms with E-state index in [1.165, 1.54) is 22.3 Å². The molecule has 0 fully saturated rings. The zero-order valence-corrected chi connectivity index (χ0v) is 13.8. The van der Waals surface area contributed by atoms with E-state index in [9.17, 15) is 10.2 Å². The molecule has 0 aromatic heterocycles. The number of aryl methyl sites for hydroxylation is 1. The molecule has 0 bridgehead atoms. The van der Waals surface area contributed by atoms with Crippen LogP contribution in [0.5, 0.6) is 5.75 Å². The lowest BCUT2D eigenvalue weighted by atomic mass is 9.65. The molecule has 0 aliphatic heterocycles. The average Bonchev–Trinajstić information content (AvgIpc) is 3.23. The van der Waals surface area contributed by atoms with Crippen molar-refractivity contribution in [3.63, 3.8) is 0 Å². The van der Waals surface area contributed by atoms with Crippen molar-refractivity contribution < 1.29 is 10.2 Å². The molecule has 2 N–H and O–H groups in total. The number of hydrogen-bond donors (Lipinski definition) is 2. The van der Waals surface area contributed by atoms with Gasteiger partial charge >= 0.3 is 0 Å². The van der Waals surface area contributed by atoms with Gasteiger partial charge in [0.25, 0.3) is 0 Å². The molecule has 5 rings (SSSR count). The SMILES string of the molecule is Oc1ccc2c(c1)CC[C@H]1C3=C(CC[C@H]21)[C@@](O)(C1=C=CC=C1)CC3. The van der Waals surface area contributed by atoms with Crippen LogP contribution in [0.1, 0.15) is 49.1 Å². The van der Waals surface area contributed by atoms with Gasteiger partial charge in [-0.15, -0.1) is 5.73 Å². The maximum absolute atomic E-state index is 11.3. The Hall–Kier alpha value is -2.02. The van der Waals surface area contributed by atoms with Gasteiger partial charge in [-0.2, -0.15) is 0 Å². The number of allylic oxidation sites excluding steroid dienone is 2. The van der Waals surface area contributed by atoms with Gasteiger partial charge in [-0.3, -0.25) is 0 Å². The second-order valence-electron chi connectivity index (χ2n) is 7.62. The number of rotatable bonds is 1. The molecule has 1 aromatic rings. The molecule has 2 nitrogen and oxygen atoms in total. The monoisotopic (exact) mass is 318 g/mol. The second-order valence-corrected chi connectivity index (χ2v) is 7.62. The predicted octanol–water partition coefficient (Wildman–Crippen LogP) is 4.30. The smallest absolute Gasteiger partial charge is 0.118 e. The van der Waals surface area contributed by atoms with E-state index in [2.05, 4.69) is 11.8 Å². The Morgan fingerprint density at radius 1 is 1.08 bits per heavy atom. The van der Waals surface area contributed by atoms with Crippen molar-refractivity contribution in [1.82, 2.24) is 0 Å². The summed E-state index contributed by atoms with van der Waals surface area (Å²) in [6.45, 7) is 0. The number of benzene rings is 1. The first-order valence-corrected chi connectivity index (χ1v) is 9.07. The van der Waals surface area contributed by atoms with Crippen LogP contribution in [-0.2, 0) is 6.42 Å². The van der Waals surface area contributed by atoms with Gasteiger partial charge in [0.15, 0.2) is 0 Å². The van der Waals surface area contributed by atoms with Crippen LogP contribution in [0.4, 0.5) is 0 Å². The first-order chi connectivity index (χ1) is 11.7. The summed E-state index contributed by atoms with van der Waals surface area (Å²) >= 11 is 0. The van der Waals surface area contributed by atoms with Crippen LogP contribution in [0.25, 0.3) is 0 Å². The third kappa shape index (κ3) is 1.87. The van der Waals surface area contributed by atoms with Crippen molar-refractivity contribution in [3.8, 4) is 5.75 Å². The second kappa shape index (κ2) is 4.99. The lowest BCUT2D eigenvalue weighted by Crippen LogP contribution is -2.33. The highest BCUT2D eigenvalue weighted by molar-refractivity contribution is 5.51. The number of aliphatic hydroxyl groups is 1. The molecule has 122 valence electrons. The standard InChI is InChI=1S/C22H22O2/c23-16-6-8-17-14(13-16)5-7-19-18(17)9-10-21-20(19)11-12-22(21,24)15-3-1-2-4-15/h1-3,6,8,13,18-19,23-24H,5,7,9-12H2/t18-,19-,22+/m1/s1. The van der Waals surface area contributed by atoms with Crippen LogP contribution in [0, 0.1) is 5.92 Å². The molecule has 2 heteroatoms. The van der Waals surface area contributed by atoms with Crippen LogP contribution in [0.2, 0.25) is 0 Å². The minimum Gasteiger partial charge on any atom is -0.508 e. The molecule has 0 saturated heterocycles. The maximum atomic E-state index is 11.3. The molecule has 24 heavy (non-hydrogen) atoms. The molecule has 4 aliphatic rings. The Kier molecular flexibility index (Phi) is 2.98. The number of phenols is 1. The third-order valence-electron chi connectivity index (χ3n) is 6.58. The number of aromatic hydroxyl groups is 1. The van der Waals surface area contributed by atoms with Crippen LogP contribution in [0.3, 0.4) is 0 Å². The summed E-state index contributed by atoms with van der Waals surface area (Å²) < 4.78 is 0. The van der Waals surface area contributed by atoms with Gasteiger partial charge in [0, 0.05) is 5.57 Å². The van der Waals surface area contributed by atoms with Gasteiger partial charge < -0.3 is 10.2 Å². The van der Waals surface area contributed by atoms with Gasteiger partial charge in [-0.05, 0) is 91.3 Å². The van der Waals surface area contributed by atoms with E-state index in [-0.39, 0.29) is 0 Å². The minimum atomic E-state index is -0.779. The summed E-state index contributed by atoms with van der Waals surface area (Å²) in [5.74, 6) is 1.50. The van der Waals surface area contributed by atoms with E-state index in [0.717, 1.165) is 44.1 Å². The van der Waals surface area contributed by atoms with Crippen molar-refractivity contribution in [3.05, 3.63) is 70.0 Å². The van der Waals surface area contributed by atoms with E-state index < -0.39 is 5.60 Å². The van der Waals surface area contributed by atoms with Crippen molar-refractivity contribution in [2.24, 2.45) is 5.92 Å². The zero-order valence-electron chi connectivity index (χ0n) is 13.8. The topological polar surface area (TPSA) is 40.5 Å². The number of hydrogen-bond acceptors (Lipinski definition) is 2. The van der Waals surface area contributed by atoms with Gasteiger partial charge in [0.1, 0.15) is 11.4 Å². The highest BCUT2D eigenvalue weighted by Crippen LogP contribution is 2.56. The first kappa shape index (κ1) is 14.3. The normalized spacial score (nSPS) is 33.3. The van der Waals surface area contributed by atoms with Crippen LogP contribution >= 0.6 is 0 Å². The molecular formula is C22H22O2. The van der Waals surface area contributed by atoms with E-state index in [0.29, 0.717) is 17.6 Å². The summed E-state index contributed by atoms with van der Waals surface area (Å²) in [6.07, 6.45) is 12.0. The molecule has 1 aromatic carbocycles. The molecule has 0 spiro atoms. The summed E-state index contributed by atoms with van der Waals surface area (Å²) in [4.78, 5) is 0. The molecular weight excluding hydrogens is 296 g/mol. The van der Waals surface area contributed by atoms with Crippen molar-refractivity contribution in [2.75, 3.05) is 0 Å². The van der Waals surface area contributed by atoms with E-state index in [1.807, 2.05) is 30.4 Å². The maximum Gasteiger partial charge on any atom is 0.118 e. The average molecular weight is 318 g/mol. The fourth-order valence-corrected chi connectivity index (χ4v) is 5.52. The Balaban J connectivity index is 1.56. The quantitative estimate of drug-likeness (QED) is 0.598. The zero-order chi connectivity index (χ0) is 16.3. The van der Waals surface area contributed by atoms with Gasteiger partial charge in [-0.25, -0.2) is 0 Å². The highest BCUT2D eigenvalue weighted by Gasteiger charge is 2.47. The molecule has 0 saturated carbocycles. The summed E-state index contributed by atoms with van der Waals surface area (Å²) in [6, 6.07) is 5.90. The fourth-order valence-electron chi connectivity index (χ4n) is 5.52. The van der Waals surface area contributed by atoms with Crippen molar-refractivity contribution in [2.45, 2.75) is 50.0 Å². The van der Waals surface area contributed by atoms with E-state index in [1.54, 1.807) is 0 Å². The fraction of sp³-hybridized carbons (Fsp3) is 0.409. The Morgan fingerprint density at radius 2 is 1.96 bits per heavy atom.